The zero-order chi connectivity index (χ0) is 14.2. The first-order chi connectivity index (χ1) is 10.3. The number of thiazole rings is 1. The number of pyridine rings is 1. The predicted molar refractivity (Wildman–Crippen MR) is 90.5 cm³/mol. The highest BCUT2D eigenvalue weighted by Gasteiger charge is 2.09. The van der Waals surface area contributed by atoms with Crippen molar-refractivity contribution in [2.24, 2.45) is 0 Å². The van der Waals surface area contributed by atoms with E-state index in [4.69, 9.17) is 20.8 Å². The summed E-state index contributed by atoms with van der Waals surface area (Å²) in [5.41, 5.74) is 2.42. The van der Waals surface area contributed by atoms with E-state index in [0.29, 0.717) is 22.5 Å². The van der Waals surface area contributed by atoms with Gasteiger partial charge < -0.3 is 9.15 Å². The molecule has 4 nitrogen and oxygen atoms in total. The number of rotatable bonds is 3. The minimum atomic E-state index is 0. The maximum atomic E-state index is 5.86. The molecule has 0 amide bonds. The van der Waals surface area contributed by atoms with Gasteiger partial charge in [-0.2, -0.15) is 4.98 Å². The van der Waals surface area contributed by atoms with Crippen LogP contribution in [0.3, 0.4) is 0 Å². The number of fused-ring (bicyclic) bond motifs is 2. The molecule has 0 unspecified atom stereocenters. The zero-order valence-corrected chi connectivity index (χ0v) is 13.5. The van der Waals surface area contributed by atoms with Gasteiger partial charge in [-0.05, 0) is 24.3 Å². The Morgan fingerprint density at radius 3 is 3.00 bits per heavy atom. The van der Waals surface area contributed by atoms with E-state index < -0.39 is 0 Å². The predicted octanol–water partition coefficient (Wildman–Crippen LogP) is 5.39. The molecule has 0 spiro atoms. The third kappa shape index (κ3) is 2.63. The van der Waals surface area contributed by atoms with Crippen LogP contribution in [-0.4, -0.2) is 9.97 Å². The highest BCUT2D eigenvalue weighted by Crippen LogP contribution is 2.32. The topological polar surface area (TPSA) is 48.2 Å². The van der Waals surface area contributed by atoms with Gasteiger partial charge in [-0.3, -0.25) is 0 Å². The van der Waals surface area contributed by atoms with Gasteiger partial charge in [-0.25, -0.2) is 4.98 Å². The van der Waals surface area contributed by atoms with Crippen molar-refractivity contribution in [1.82, 2.24) is 9.97 Å². The molecule has 1 aromatic carbocycles. The second-order valence-corrected chi connectivity index (χ2v) is 5.72. The Bertz CT molecular complexity index is 902. The normalized spacial score (nSPS) is 10.8. The Morgan fingerprint density at radius 2 is 2.18 bits per heavy atom. The molecule has 0 aliphatic heterocycles. The van der Waals surface area contributed by atoms with E-state index >= 15 is 0 Å². The smallest absolute Gasteiger partial charge is 0.281 e. The van der Waals surface area contributed by atoms with Crippen LogP contribution in [-0.2, 0) is 5.88 Å². The number of hydrogen-bond acceptors (Lipinski definition) is 5. The highest BCUT2D eigenvalue weighted by molar-refractivity contribution is 7.20. The van der Waals surface area contributed by atoms with Crippen LogP contribution in [0.4, 0.5) is 0 Å². The molecule has 0 aliphatic rings. The number of benzene rings is 1. The minimum absolute atomic E-state index is 0. The van der Waals surface area contributed by atoms with E-state index in [9.17, 15) is 0 Å². The first-order valence-electron chi connectivity index (χ1n) is 6.29. The van der Waals surface area contributed by atoms with Gasteiger partial charge in [0.05, 0.1) is 16.8 Å². The Labute approximate surface area is 141 Å². The lowest BCUT2D eigenvalue weighted by molar-refractivity contribution is 0.479. The summed E-state index contributed by atoms with van der Waals surface area (Å²) in [6, 6.07) is 9.51. The van der Waals surface area contributed by atoms with Crippen molar-refractivity contribution in [3.05, 3.63) is 48.4 Å². The van der Waals surface area contributed by atoms with Gasteiger partial charge in [-0.15, -0.1) is 24.0 Å². The van der Waals surface area contributed by atoms with E-state index in [0.717, 1.165) is 21.2 Å². The van der Waals surface area contributed by atoms with Crippen LogP contribution in [0.2, 0.25) is 0 Å². The maximum Gasteiger partial charge on any atom is 0.281 e. The second kappa shape index (κ2) is 6.12. The number of alkyl halides is 1. The SMILES string of the molecule is Cl.ClCc1coc2cc(Oc3nc4ncccc4s3)ccc12. The third-order valence-corrected chi connectivity index (χ3v) is 4.30. The van der Waals surface area contributed by atoms with Crippen LogP contribution in [0.1, 0.15) is 5.56 Å². The summed E-state index contributed by atoms with van der Waals surface area (Å²) in [4.78, 5) is 8.54. The van der Waals surface area contributed by atoms with Crippen molar-refractivity contribution in [2.75, 3.05) is 0 Å². The average molecular weight is 353 g/mol. The van der Waals surface area contributed by atoms with Gasteiger partial charge in [0.15, 0.2) is 5.65 Å². The molecule has 3 aromatic heterocycles. The average Bonchev–Trinajstić information content (AvgIpc) is 3.09. The summed E-state index contributed by atoms with van der Waals surface area (Å²) in [5.74, 6) is 1.11. The van der Waals surface area contributed by atoms with Crippen LogP contribution in [0, 0.1) is 0 Å². The molecule has 0 bridgehead atoms. The van der Waals surface area contributed by atoms with Crippen molar-refractivity contribution in [3.63, 3.8) is 0 Å². The van der Waals surface area contributed by atoms with Gasteiger partial charge >= 0.3 is 0 Å². The summed E-state index contributed by atoms with van der Waals surface area (Å²) in [6.45, 7) is 0. The second-order valence-electron chi connectivity index (χ2n) is 4.46. The Kier molecular flexibility index (Phi) is 4.20. The van der Waals surface area contributed by atoms with E-state index in [1.807, 2.05) is 30.3 Å². The van der Waals surface area contributed by atoms with Crippen LogP contribution >= 0.6 is 35.3 Å². The van der Waals surface area contributed by atoms with Crippen LogP contribution in [0.5, 0.6) is 10.9 Å². The number of ether oxygens (including phenoxy) is 1. The summed E-state index contributed by atoms with van der Waals surface area (Å²) in [7, 11) is 0. The molecule has 0 N–H and O–H groups in total. The maximum absolute atomic E-state index is 5.86. The third-order valence-electron chi connectivity index (χ3n) is 3.12. The summed E-state index contributed by atoms with van der Waals surface area (Å²) in [5, 5.41) is 1.57. The fraction of sp³-hybridized carbons (Fsp3) is 0.0667. The molecule has 112 valence electrons. The first-order valence-corrected chi connectivity index (χ1v) is 7.64. The molecule has 0 saturated heterocycles. The fourth-order valence-corrected chi connectivity index (χ4v) is 3.13. The standard InChI is InChI=1S/C15H9ClN2O2S.ClH/c16-7-9-8-19-12-6-10(3-4-11(9)12)20-15-18-14-13(21-15)2-1-5-17-14;/h1-6,8H,7H2;1H. The quantitative estimate of drug-likeness (QED) is 0.463. The Morgan fingerprint density at radius 1 is 1.27 bits per heavy atom. The molecule has 0 fully saturated rings. The number of furan rings is 1. The van der Waals surface area contributed by atoms with Crippen LogP contribution in [0.25, 0.3) is 21.3 Å². The Hall–Kier alpha value is -1.82. The van der Waals surface area contributed by atoms with Crippen molar-refractivity contribution in [2.45, 2.75) is 5.88 Å². The molecule has 3 heterocycles. The van der Waals surface area contributed by atoms with E-state index in [1.54, 1.807) is 12.5 Å². The van der Waals surface area contributed by atoms with E-state index in [1.165, 1.54) is 11.3 Å². The number of nitrogens with zero attached hydrogens (tertiary/aromatic N) is 2. The fourth-order valence-electron chi connectivity index (χ4n) is 2.12. The van der Waals surface area contributed by atoms with E-state index in [-0.39, 0.29) is 12.4 Å². The monoisotopic (exact) mass is 352 g/mol. The lowest BCUT2D eigenvalue weighted by Gasteiger charge is -2.00. The molecule has 0 aliphatic carbocycles. The Balaban J connectivity index is 0.00000144. The first kappa shape index (κ1) is 15.1. The lowest BCUT2D eigenvalue weighted by atomic mass is 10.2. The van der Waals surface area contributed by atoms with Crippen molar-refractivity contribution < 1.29 is 9.15 Å². The number of hydrogen-bond donors (Lipinski definition) is 0. The summed E-state index contributed by atoms with van der Waals surface area (Å²) >= 11 is 7.32. The molecule has 0 radical (unpaired) electrons. The number of halogens is 2. The van der Waals surface area contributed by atoms with Gasteiger partial charge in [0.1, 0.15) is 11.3 Å². The van der Waals surface area contributed by atoms with Gasteiger partial charge in [-0.1, -0.05) is 11.3 Å². The van der Waals surface area contributed by atoms with Crippen molar-refractivity contribution >= 4 is 56.7 Å². The largest absolute Gasteiger partial charge is 0.464 e. The van der Waals surface area contributed by atoms with Crippen LogP contribution in [0.15, 0.2) is 47.2 Å². The molecule has 7 heteroatoms. The highest BCUT2D eigenvalue weighted by atomic mass is 35.5. The van der Waals surface area contributed by atoms with Gasteiger partial charge in [0, 0.05) is 23.2 Å². The zero-order valence-electron chi connectivity index (χ0n) is 11.2. The van der Waals surface area contributed by atoms with Crippen molar-refractivity contribution in [1.29, 1.82) is 0 Å². The number of aromatic nitrogens is 2. The van der Waals surface area contributed by atoms with Crippen molar-refractivity contribution in [3.8, 4) is 10.9 Å². The molecular formula is C15H10Cl2N2O2S. The van der Waals surface area contributed by atoms with E-state index in [2.05, 4.69) is 9.97 Å². The molecule has 4 rings (SSSR count). The van der Waals surface area contributed by atoms with Gasteiger partial charge in [0.25, 0.3) is 5.19 Å². The minimum Gasteiger partial charge on any atom is -0.464 e. The summed E-state index contributed by atoms with van der Waals surface area (Å²) < 4.78 is 12.3. The molecule has 4 aromatic rings. The summed E-state index contributed by atoms with van der Waals surface area (Å²) in [6.07, 6.45) is 3.39. The van der Waals surface area contributed by atoms with Crippen LogP contribution < -0.4 is 4.74 Å². The van der Waals surface area contributed by atoms with Gasteiger partial charge in [0.2, 0.25) is 0 Å². The lowest BCUT2D eigenvalue weighted by Crippen LogP contribution is -1.83. The molecular weight excluding hydrogens is 343 g/mol. The molecule has 0 saturated carbocycles. The molecule has 0 atom stereocenters. The molecule has 22 heavy (non-hydrogen) atoms.